The quantitative estimate of drug-likeness (QED) is 0.191. The molecule has 1 heterocycles. The van der Waals surface area contributed by atoms with Crippen molar-refractivity contribution in [1.29, 1.82) is 0 Å². The van der Waals surface area contributed by atoms with Gasteiger partial charge in [-0.15, -0.1) is 0 Å². The van der Waals surface area contributed by atoms with Gasteiger partial charge in [-0.05, 0) is 95.5 Å². The Hall–Kier alpha value is -4.81. The van der Waals surface area contributed by atoms with Gasteiger partial charge in [0.1, 0.15) is 11.6 Å². The predicted molar refractivity (Wildman–Crippen MR) is 159 cm³/mol. The number of rotatable bonds is 11. The molecule has 0 unspecified atom stereocenters. The van der Waals surface area contributed by atoms with E-state index in [4.69, 9.17) is 15.2 Å². The average Bonchev–Trinajstić information content (AvgIpc) is 3.28. The number of benzene rings is 2. The minimum absolute atomic E-state index is 0.0568. The van der Waals surface area contributed by atoms with Crippen LogP contribution in [0.5, 0.6) is 0 Å². The van der Waals surface area contributed by atoms with Crippen LogP contribution in [-0.4, -0.2) is 59.5 Å². The Bertz CT molecular complexity index is 1340. The Morgan fingerprint density at radius 2 is 1.58 bits per heavy atom. The van der Waals surface area contributed by atoms with Gasteiger partial charge in [-0.25, -0.2) is 14.5 Å². The van der Waals surface area contributed by atoms with Gasteiger partial charge in [0.2, 0.25) is 17.7 Å². The summed E-state index contributed by atoms with van der Waals surface area (Å²) >= 11 is 0. The van der Waals surface area contributed by atoms with Crippen LogP contribution in [0.15, 0.2) is 58.8 Å². The Labute approximate surface area is 250 Å². The molecule has 13 nitrogen and oxygen atoms in total. The van der Waals surface area contributed by atoms with Crippen molar-refractivity contribution in [3.63, 3.8) is 0 Å². The van der Waals surface area contributed by atoms with Crippen molar-refractivity contribution >= 4 is 52.5 Å². The van der Waals surface area contributed by atoms with E-state index in [2.05, 4.69) is 20.9 Å². The molecule has 0 saturated carbocycles. The van der Waals surface area contributed by atoms with Gasteiger partial charge in [0.15, 0.2) is 0 Å². The molecular weight excluding hydrogens is 556 g/mol. The molecule has 3 rings (SSSR count). The van der Waals surface area contributed by atoms with E-state index < -0.39 is 41.4 Å². The van der Waals surface area contributed by atoms with Gasteiger partial charge in [-0.2, -0.15) is 10.2 Å². The third-order valence-corrected chi connectivity index (χ3v) is 6.28. The minimum atomic E-state index is -1.08. The van der Waals surface area contributed by atoms with E-state index in [-0.39, 0.29) is 38.3 Å². The number of nitrogens with zero attached hydrogens (tertiary/aromatic N) is 3. The number of esters is 1. The van der Waals surface area contributed by atoms with Crippen molar-refractivity contribution in [2.75, 3.05) is 24.2 Å². The number of anilines is 2. The SMILES string of the molecule is CCOC(=O)[C@@H]1C[C@@H](CCCC(=O)NCC(=O)Nc2ccc(N=Nc3ccc(N)cc3)cc2)C(=O)N1C(=O)OC(C)(C)C. The molecule has 0 aliphatic carbocycles. The number of hydrogen-bond donors (Lipinski definition) is 3. The van der Waals surface area contributed by atoms with E-state index in [1.165, 1.54) is 0 Å². The first-order valence-electron chi connectivity index (χ1n) is 14.0. The van der Waals surface area contributed by atoms with Crippen molar-refractivity contribution in [3.05, 3.63) is 48.5 Å². The lowest BCUT2D eigenvalue weighted by molar-refractivity contribution is -0.151. The highest BCUT2D eigenvalue weighted by Gasteiger charge is 2.48. The number of nitrogens with one attached hydrogen (secondary N) is 2. The lowest BCUT2D eigenvalue weighted by Crippen LogP contribution is -2.46. The number of imide groups is 1. The number of carbonyl (C=O) groups excluding carboxylic acids is 5. The fraction of sp³-hybridized carbons (Fsp3) is 0.433. The van der Waals surface area contributed by atoms with Crippen LogP contribution < -0.4 is 16.4 Å². The van der Waals surface area contributed by atoms with E-state index >= 15 is 0 Å². The van der Waals surface area contributed by atoms with Crippen molar-refractivity contribution < 1.29 is 33.4 Å². The number of likely N-dealkylation sites (tertiary alicyclic amines) is 1. The molecule has 0 aromatic heterocycles. The summed E-state index contributed by atoms with van der Waals surface area (Å²) < 4.78 is 10.4. The maximum atomic E-state index is 13.0. The number of nitrogens with two attached hydrogens (primary N) is 1. The Morgan fingerprint density at radius 3 is 2.16 bits per heavy atom. The molecule has 43 heavy (non-hydrogen) atoms. The highest BCUT2D eigenvalue weighted by Crippen LogP contribution is 2.31. The normalized spacial score (nSPS) is 16.7. The Morgan fingerprint density at radius 1 is 0.977 bits per heavy atom. The van der Waals surface area contributed by atoms with Crippen molar-refractivity contribution in [2.24, 2.45) is 16.1 Å². The number of hydrogen-bond acceptors (Lipinski definition) is 10. The number of amides is 4. The second kappa shape index (κ2) is 14.9. The molecule has 4 N–H and O–H groups in total. The lowest BCUT2D eigenvalue weighted by atomic mass is 9.98. The molecule has 4 amide bonds. The molecule has 0 spiro atoms. The van der Waals surface area contributed by atoms with Crippen LogP contribution in [-0.2, 0) is 28.7 Å². The molecule has 13 heteroatoms. The standard InChI is InChI=1S/C30H38N6O7/c1-5-42-28(40)24-17-19(27(39)36(24)29(41)43-30(2,3)4)7-6-8-25(37)32-18-26(38)33-21-13-15-23(16-14-21)35-34-22-11-9-20(31)10-12-22/h9-16,19,24H,5-8,17-18,31H2,1-4H3,(H,32,37)(H,33,38)/t19-,24+/m1/s1. The van der Waals surface area contributed by atoms with Crippen LogP contribution in [0, 0.1) is 5.92 Å². The topological polar surface area (TPSA) is 182 Å². The van der Waals surface area contributed by atoms with E-state index in [1.807, 2.05) is 0 Å². The Balaban J connectivity index is 1.42. The van der Waals surface area contributed by atoms with E-state index in [0.717, 1.165) is 4.90 Å². The summed E-state index contributed by atoms with van der Waals surface area (Å²) in [4.78, 5) is 63.6. The number of azo groups is 1. The zero-order valence-electron chi connectivity index (χ0n) is 24.8. The molecule has 0 radical (unpaired) electrons. The molecule has 230 valence electrons. The largest absolute Gasteiger partial charge is 0.464 e. The van der Waals surface area contributed by atoms with Crippen LogP contribution in [0.25, 0.3) is 0 Å². The van der Waals surface area contributed by atoms with Crippen LogP contribution in [0.4, 0.5) is 27.5 Å². The zero-order chi connectivity index (χ0) is 31.6. The van der Waals surface area contributed by atoms with Gasteiger partial charge in [0.25, 0.3) is 0 Å². The van der Waals surface area contributed by atoms with Gasteiger partial charge < -0.3 is 25.8 Å². The zero-order valence-corrected chi connectivity index (χ0v) is 24.8. The maximum absolute atomic E-state index is 13.0. The smallest absolute Gasteiger partial charge is 0.417 e. The van der Waals surface area contributed by atoms with Crippen LogP contribution in [0.1, 0.15) is 53.4 Å². The average molecular weight is 595 g/mol. The van der Waals surface area contributed by atoms with E-state index in [1.54, 1.807) is 76.2 Å². The molecule has 0 bridgehead atoms. The van der Waals surface area contributed by atoms with Crippen molar-refractivity contribution in [1.82, 2.24) is 10.2 Å². The lowest BCUT2D eigenvalue weighted by Gasteiger charge is -2.26. The highest BCUT2D eigenvalue weighted by molar-refractivity contribution is 6.00. The van der Waals surface area contributed by atoms with Gasteiger partial charge in [-0.3, -0.25) is 14.4 Å². The van der Waals surface area contributed by atoms with E-state index in [0.29, 0.717) is 29.2 Å². The third kappa shape index (κ3) is 10.2. The predicted octanol–water partition coefficient (Wildman–Crippen LogP) is 4.62. The molecule has 2 atom stereocenters. The first-order valence-corrected chi connectivity index (χ1v) is 14.0. The van der Waals surface area contributed by atoms with Crippen LogP contribution >= 0.6 is 0 Å². The van der Waals surface area contributed by atoms with E-state index in [9.17, 15) is 24.0 Å². The van der Waals surface area contributed by atoms with Gasteiger partial charge in [0, 0.05) is 23.7 Å². The molecule has 1 aliphatic rings. The van der Waals surface area contributed by atoms with Gasteiger partial charge >= 0.3 is 12.1 Å². The summed E-state index contributed by atoms with van der Waals surface area (Å²) in [7, 11) is 0. The first kappa shape index (κ1) is 32.7. The molecule has 1 saturated heterocycles. The summed E-state index contributed by atoms with van der Waals surface area (Å²) in [5, 5.41) is 13.5. The second-order valence-electron chi connectivity index (χ2n) is 10.9. The van der Waals surface area contributed by atoms with Crippen LogP contribution in [0.3, 0.4) is 0 Å². The number of nitrogen functional groups attached to an aromatic ring is 1. The second-order valence-corrected chi connectivity index (χ2v) is 10.9. The monoisotopic (exact) mass is 594 g/mol. The highest BCUT2D eigenvalue weighted by atomic mass is 16.6. The molecule has 1 fully saturated rings. The number of carbonyl (C=O) groups is 5. The summed E-state index contributed by atoms with van der Waals surface area (Å²) in [5.41, 5.74) is 7.20. The Kier molecular flexibility index (Phi) is 11.3. The molecule has 2 aromatic rings. The minimum Gasteiger partial charge on any atom is -0.464 e. The van der Waals surface area contributed by atoms with Gasteiger partial charge in [-0.1, -0.05) is 0 Å². The van der Waals surface area contributed by atoms with Gasteiger partial charge in [0.05, 0.1) is 24.5 Å². The van der Waals surface area contributed by atoms with Crippen molar-refractivity contribution in [3.8, 4) is 0 Å². The first-order chi connectivity index (χ1) is 20.4. The number of ether oxygens (including phenoxy) is 2. The molecule has 2 aromatic carbocycles. The fourth-order valence-corrected chi connectivity index (χ4v) is 4.29. The summed E-state index contributed by atoms with van der Waals surface area (Å²) in [6, 6.07) is 12.6. The maximum Gasteiger partial charge on any atom is 0.417 e. The third-order valence-electron chi connectivity index (χ3n) is 6.28. The fourth-order valence-electron chi connectivity index (χ4n) is 4.29. The molecular formula is C30H38N6O7. The van der Waals surface area contributed by atoms with Crippen molar-refractivity contribution in [2.45, 2.75) is 65.0 Å². The van der Waals surface area contributed by atoms with Crippen LogP contribution in [0.2, 0.25) is 0 Å². The summed E-state index contributed by atoms with van der Waals surface area (Å²) in [6.45, 7) is 6.49. The summed E-state index contributed by atoms with van der Waals surface area (Å²) in [6.07, 6.45) is -0.174. The molecule has 1 aliphatic heterocycles. The summed E-state index contributed by atoms with van der Waals surface area (Å²) in [5.74, 6) is -2.65.